The van der Waals surface area contributed by atoms with Gasteiger partial charge in [0.1, 0.15) is 0 Å². The third kappa shape index (κ3) is 2.82. The number of piperazine rings is 1. The van der Waals surface area contributed by atoms with Crippen LogP contribution in [0.1, 0.15) is 23.1 Å². The van der Waals surface area contributed by atoms with Crippen molar-refractivity contribution in [2.24, 2.45) is 0 Å². The first-order valence-corrected chi connectivity index (χ1v) is 9.55. The van der Waals surface area contributed by atoms with E-state index in [1.54, 1.807) is 11.1 Å². The Balaban J connectivity index is 1.28. The lowest BCUT2D eigenvalue weighted by molar-refractivity contribution is 0.250. The number of aromatic nitrogens is 2. The highest BCUT2D eigenvalue weighted by Gasteiger charge is 2.20. The van der Waals surface area contributed by atoms with Crippen LogP contribution >= 0.6 is 0 Å². The van der Waals surface area contributed by atoms with Crippen LogP contribution in [0.3, 0.4) is 0 Å². The summed E-state index contributed by atoms with van der Waals surface area (Å²) in [6, 6.07) is 13.1. The van der Waals surface area contributed by atoms with Gasteiger partial charge in [0, 0.05) is 32.7 Å². The standard InChI is InChI=1S/C21H24N4O/c26-21-22-18-5-2-6-19(20(18)23-21)25-11-9-24(10-12-25)14-15-7-8-16-3-1-4-17(16)13-15/h2,5-8,13H,1,3-4,9-12,14H2,(H2,22,23,26). The van der Waals surface area contributed by atoms with Gasteiger partial charge in [-0.15, -0.1) is 0 Å². The quantitative estimate of drug-likeness (QED) is 0.765. The topological polar surface area (TPSA) is 55.1 Å². The molecule has 26 heavy (non-hydrogen) atoms. The molecule has 1 aliphatic carbocycles. The molecule has 2 heterocycles. The Labute approximate surface area is 152 Å². The van der Waals surface area contributed by atoms with Crippen LogP contribution in [0.25, 0.3) is 11.0 Å². The van der Waals surface area contributed by atoms with Crippen molar-refractivity contribution in [3.8, 4) is 0 Å². The SMILES string of the molecule is O=c1[nH]c2cccc(N3CCN(Cc4ccc5c(c4)CCC5)CC3)c2[nH]1. The van der Waals surface area contributed by atoms with E-state index in [1.807, 2.05) is 12.1 Å². The highest BCUT2D eigenvalue weighted by Crippen LogP contribution is 2.26. The number of para-hydroxylation sites is 1. The van der Waals surface area contributed by atoms with Crippen molar-refractivity contribution in [1.82, 2.24) is 14.9 Å². The van der Waals surface area contributed by atoms with Crippen LogP contribution in [0.15, 0.2) is 41.2 Å². The van der Waals surface area contributed by atoms with Crippen LogP contribution < -0.4 is 10.6 Å². The van der Waals surface area contributed by atoms with E-state index in [4.69, 9.17) is 0 Å². The Hall–Kier alpha value is -2.53. The smallest absolute Gasteiger partial charge is 0.323 e. The molecule has 5 nitrogen and oxygen atoms in total. The molecule has 0 amide bonds. The molecule has 0 bridgehead atoms. The first kappa shape index (κ1) is 15.7. The summed E-state index contributed by atoms with van der Waals surface area (Å²) >= 11 is 0. The summed E-state index contributed by atoms with van der Waals surface area (Å²) < 4.78 is 0. The van der Waals surface area contributed by atoms with Crippen LogP contribution in [0.5, 0.6) is 0 Å². The van der Waals surface area contributed by atoms with Crippen molar-refractivity contribution >= 4 is 16.7 Å². The van der Waals surface area contributed by atoms with Crippen LogP contribution in [-0.4, -0.2) is 41.0 Å². The number of nitrogens with one attached hydrogen (secondary N) is 2. The third-order valence-corrected chi connectivity index (χ3v) is 5.81. The molecule has 0 radical (unpaired) electrons. The number of hydrogen-bond donors (Lipinski definition) is 2. The number of anilines is 1. The van der Waals surface area contributed by atoms with E-state index in [1.165, 1.54) is 24.8 Å². The number of rotatable bonds is 3. The largest absolute Gasteiger partial charge is 0.367 e. The monoisotopic (exact) mass is 348 g/mol. The van der Waals surface area contributed by atoms with E-state index < -0.39 is 0 Å². The molecule has 1 saturated heterocycles. The minimum atomic E-state index is -0.136. The zero-order valence-corrected chi connectivity index (χ0v) is 14.9. The van der Waals surface area contributed by atoms with Crippen LogP contribution in [0.4, 0.5) is 5.69 Å². The van der Waals surface area contributed by atoms with Gasteiger partial charge in [0.25, 0.3) is 0 Å². The normalized spacial score (nSPS) is 17.8. The fraction of sp³-hybridized carbons (Fsp3) is 0.381. The predicted molar refractivity (Wildman–Crippen MR) is 105 cm³/mol. The minimum absolute atomic E-state index is 0.136. The number of aryl methyl sites for hydroxylation is 2. The van der Waals surface area contributed by atoms with Crippen LogP contribution in [0.2, 0.25) is 0 Å². The van der Waals surface area contributed by atoms with Gasteiger partial charge in [-0.2, -0.15) is 0 Å². The molecule has 0 atom stereocenters. The molecule has 0 unspecified atom stereocenters. The molecule has 1 fully saturated rings. The Morgan fingerprint density at radius 1 is 0.923 bits per heavy atom. The predicted octanol–water partition coefficient (Wildman–Crippen LogP) is 2.67. The van der Waals surface area contributed by atoms with E-state index in [9.17, 15) is 4.79 Å². The van der Waals surface area contributed by atoms with Gasteiger partial charge in [0.15, 0.2) is 0 Å². The molecule has 2 N–H and O–H groups in total. The first-order valence-electron chi connectivity index (χ1n) is 9.55. The highest BCUT2D eigenvalue weighted by molar-refractivity contribution is 5.88. The van der Waals surface area contributed by atoms with Crippen molar-refractivity contribution < 1.29 is 0 Å². The second kappa shape index (κ2) is 6.32. The van der Waals surface area contributed by atoms with Crippen LogP contribution in [-0.2, 0) is 19.4 Å². The van der Waals surface area contributed by atoms with E-state index in [0.717, 1.165) is 49.4 Å². The number of H-pyrrole nitrogens is 2. The summed E-state index contributed by atoms with van der Waals surface area (Å²) in [6.45, 7) is 5.09. The number of nitrogens with zero attached hydrogens (tertiary/aromatic N) is 2. The molecular weight excluding hydrogens is 324 g/mol. The number of fused-ring (bicyclic) bond motifs is 2. The second-order valence-electron chi connectivity index (χ2n) is 7.50. The zero-order valence-electron chi connectivity index (χ0n) is 14.9. The van der Waals surface area contributed by atoms with E-state index in [0.29, 0.717) is 0 Å². The summed E-state index contributed by atoms with van der Waals surface area (Å²) in [4.78, 5) is 22.3. The zero-order chi connectivity index (χ0) is 17.5. The summed E-state index contributed by atoms with van der Waals surface area (Å²) in [6.07, 6.45) is 3.81. The fourth-order valence-electron chi connectivity index (χ4n) is 4.43. The van der Waals surface area contributed by atoms with Gasteiger partial charge >= 0.3 is 5.69 Å². The molecule has 2 aliphatic rings. The Kier molecular flexibility index (Phi) is 3.82. The van der Waals surface area contributed by atoms with Crippen molar-refractivity contribution in [2.45, 2.75) is 25.8 Å². The Morgan fingerprint density at radius 2 is 1.77 bits per heavy atom. The van der Waals surface area contributed by atoms with Crippen LogP contribution in [0, 0.1) is 0 Å². The van der Waals surface area contributed by atoms with Crippen molar-refractivity contribution in [3.63, 3.8) is 0 Å². The molecule has 5 heteroatoms. The summed E-state index contributed by atoms with van der Waals surface area (Å²) in [5.41, 5.74) is 7.34. The maximum absolute atomic E-state index is 11.6. The lowest BCUT2D eigenvalue weighted by Gasteiger charge is -2.36. The summed E-state index contributed by atoms with van der Waals surface area (Å²) in [5, 5.41) is 0. The lowest BCUT2D eigenvalue weighted by Crippen LogP contribution is -2.46. The first-order chi connectivity index (χ1) is 12.8. The van der Waals surface area contributed by atoms with Gasteiger partial charge < -0.3 is 14.9 Å². The number of hydrogen-bond acceptors (Lipinski definition) is 3. The van der Waals surface area contributed by atoms with Crippen molar-refractivity contribution in [1.29, 1.82) is 0 Å². The molecule has 0 spiro atoms. The molecule has 134 valence electrons. The van der Waals surface area contributed by atoms with Crippen molar-refractivity contribution in [2.75, 3.05) is 31.1 Å². The van der Waals surface area contributed by atoms with Gasteiger partial charge in [-0.1, -0.05) is 24.3 Å². The van der Waals surface area contributed by atoms with E-state index in [-0.39, 0.29) is 5.69 Å². The number of benzene rings is 2. The molecule has 0 saturated carbocycles. The third-order valence-electron chi connectivity index (χ3n) is 5.81. The van der Waals surface area contributed by atoms with Crippen molar-refractivity contribution in [3.05, 3.63) is 63.6 Å². The molecule has 3 aromatic rings. The summed E-state index contributed by atoms with van der Waals surface area (Å²) in [5.74, 6) is 0. The molecule has 1 aromatic heterocycles. The highest BCUT2D eigenvalue weighted by atomic mass is 16.1. The minimum Gasteiger partial charge on any atom is -0.367 e. The Bertz CT molecular complexity index is 995. The Morgan fingerprint density at radius 3 is 2.65 bits per heavy atom. The molecule has 2 aromatic carbocycles. The van der Waals surface area contributed by atoms with Gasteiger partial charge in [-0.05, 0) is 48.1 Å². The number of aromatic amines is 2. The average molecular weight is 348 g/mol. The lowest BCUT2D eigenvalue weighted by atomic mass is 10.1. The van der Waals surface area contributed by atoms with Gasteiger partial charge in [-0.25, -0.2) is 4.79 Å². The molecule has 5 rings (SSSR count). The second-order valence-corrected chi connectivity index (χ2v) is 7.50. The molecular formula is C21H24N4O. The van der Waals surface area contributed by atoms with Gasteiger partial charge in [0.05, 0.1) is 16.7 Å². The fourth-order valence-corrected chi connectivity index (χ4v) is 4.43. The maximum atomic E-state index is 11.6. The number of imidazole rings is 1. The average Bonchev–Trinajstić information content (AvgIpc) is 3.27. The van der Waals surface area contributed by atoms with E-state index in [2.05, 4.69) is 44.0 Å². The van der Waals surface area contributed by atoms with E-state index >= 15 is 0 Å². The van der Waals surface area contributed by atoms with Gasteiger partial charge in [-0.3, -0.25) is 4.90 Å². The molecule has 1 aliphatic heterocycles. The maximum Gasteiger partial charge on any atom is 0.323 e. The summed E-state index contributed by atoms with van der Waals surface area (Å²) in [7, 11) is 0. The van der Waals surface area contributed by atoms with Gasteiger partial charge in [0.2, 0.25) is 0 Å².